The van der Waals surface area contributed by atoms with Crippen molar-refractivity contribution in [1.82, 2.24) is 24.6 Å². The van der Waals surface area contributed by atoms with Gasteiger partial charge in [-0.3, -0.25) is 4.79 Å². The molecule has 5 aromatic rings. The molecule has 0 spiro atoms. The van der Waals surface area contributed by atoms with E-state index in [-0.39, 0.29) is 0 Å². The second-order valence-corrected chi connectivity index (χ2v) is 8.04. The van der Waals surface area contributed by atoms with E-state index in [9.17, 15) is 4.79 Å². The molecule has 0 aliphatic carbocycles. The lowest BCUT2D eigenvalue weighted by atomic mass is 10.1. The number of nitrogens with two attached hydrogens (primary N) is 1. The van der Waals surface area contributed by atoms with Crippen molar-refractivity contribution in [2.45, 2.75) is 6.42 Å². The van der Waals surface area contributed by atoms with E-state index in [1.165, 1.54) is 0 Å². The second-order valence-electron chi connectivity index (χ2n) is 7.25. The van der Waals surface area contributed by atoms with Gasteiger partial charge in [0.1, 0.15) is 12.1 Å². The Kier molecular flexibility index (Phi) is 5.20. The largest absolute Gasteiger partial charge is 0.383 e. The van der Waals surface area contributed by atoms with Gasteiger partial charge >= 0.3 is 0 Å². The summed E-state index contributed by atoms with van der Waals surface area (Å²) >= 11 is 3.56. The fourth-order valence-corrected chi connectivity index (χ4v) is 3.87. The molecule has 0 saturated carbocycles. The molecule has 0 radical (unpaired) electrons. The molecule has 0 atom stereocenters. The van der Waals surface area contributed by atoms with E-state index in [1.54, 1.807) is 35.2 Å². The molecule has 0 unspecified atom stereocenters. The Morgan fingerprint density at radius 3 is 2.34 bits per heavy atom. The third kappa shape index (κ3) is 3.65. The molecular weight excluding hydrogens is 468 g/mol. The first kappa shape index (κ1) is 20.0. The average Bonchev–Trinajstić information content (AvgIpc) is 3.27. The van der Waals surface area contributed by atoms with Crippen LogP contribution in [-0.2, 0) is 6.42 Å². The first-order valence-corrected chi connectivity index (χ1v) is 10.7. The lowest BCUT2D eigenvalue weighted by Crippen LogP contribution is -2.06. The van der Waals surface area contributed by atoms with E-state index in [1.807, 2.05) is 42.5 Å². The van der Waals surface area contributed by atoms with Crippen molar-refractivity contribution in [2.75, 3.05) is 5.73 Å². The van der Waals surface area contributed by atoms with Crippen LogP contribution in [0.4, 0.5) is 5.82 Å². The predicted molar refractivity (Wildman–Crippen MR) is 126 cm³/mol. The second kappa shape index (κ2) is 8.32. The molecular formula is C24H17BrN6O. The number of fused-ring (bicyclic) bond motifs is 1. The van der Waals surface area contributed by atoms with Gasteiger partial charge in [-0.05, 0) is 21.5 Å². The Morgan fingerprint density at radius 2 is 1.66 bits per heavy atom. The van der Waals surface area contributed by atoms with E-state index in [0.29, 0.717) is 33.7 Å². The monoisotopic (exact) mass is 484 g/mol. The Labute approximate surface area is 192 Å². The van der Waals surface area contributed by atoms with Gasteiger partial charge in [0.15, 0.2) is 11.5 Å². The van der Waals surface area contributed by atoms with Gasteiger partial charge in [0.25, 0.3) is 0 Å². The lowest BCUT2D eigenvalue weighted by Gasteiger charge is -2.10. The van der Waals surface area contributed by atoms with E-state index in [0.717, 1.165) is 34.2 Å². The topological polar surface area (TPSA) is 99.1 Å². The van der Waals surface area contributed by atoms with Gasteiger partial charge in [0.05, 0.1) is 16.4 Å². The van der Waals surface area contributed by atoms with Crippen LogP contribution in [0.5, 0.6) is 0 Å². The minimum absolute atomic E-state index is 0.461. The zero-order valence-corrected chi connectivity index (χ0v) is 18.4. The molecule has 0 fully saturated rings. The van der Waals surface area contributed by atoms with Crippen LogP contribution in [0.2, 0.25) is 0 Å². The van der Waals surface area contributed by atoms with Gasteiger partial charge in [-0.2, -0.15) is 9.61 Å². The molecule has 0 bridgehead atoms. The summed E-state index contributed by atoms with van der Waals surface area (Å²) in [5.41, 5.74) is 11.9. The normalized spacial score (nSPS) is 11.0. The number of halogens is 1. The highest BCUT2D eigenvalue weighted by atomic mass is 79.9. The minimum Gasteiger partial charge on any atom is -0.383 e. The maximum Gasteiger partial charge on any atom is 0.165 e. The number of anilines is 1. The first-order valence-electron chi connectivity index (χ1n) is 9.87. The molecule has 0 saturated heterocycles. The molecule has 7 nitrogen and oxygen atoms in total. The van der Waals surface area contributed by atoms with Crippen LogP contribution in [0.15, 0.2) is 77.7 Å². The van der Waals surface area contributed by atoms with Gasteiger partial charge in [-0.15, -0.1) is 0 Å². The number of carbonyl (C=O) groups is 1. The molecule has 156 valence electrons. The molecule has 3 heterocycles. The summed E-state index contributed by atoms with van der Waals surface area (Å²) in [4.78, 5) is 24.8. The van der Waals surface area contributed by atoms with Crippen molar-refractivity contribution in [1.29, 1.82) is 0 Å². The number of rotatable bonds is 5. The van der Waals surface area contributed by atoms with Crippen molar-refractivity contribution in [3.8, 4) is 22.5 Å². The van der Waals surface area contributed by atoms with Crippen LogP contribution in [0, 0.1) is 0 Å². The lowest BCUT2D eigenvalue weighted by molar-refractivity contribution is 0.112. The van der Waals surface area contributed by atoms with Gasteiger partial charge in [-0.1, -0.05) is 54.6 Å². The van der Waals surface area contributed by atoms with Gasteiger partial charge in [0.2, 0.25) is 0 Å². The van der Waals surface area contributed by atoms with Crippen LogP contribution in [-0.4, -0.2) is 30.9 Å². The van der Waals surface area contributed by atoms with Crippen molar-refractivity contribution in [2.24, 2.45) is 0 Å². The quantitative estimate of drug-likeness (QED) is 0.366. The number of nitrogen functional groups attached to an aromatic ring is 1. The van der Waals surface area contributed by atoms with Gasteiger partial charge < -0.3 is 5.73 Å². The Bertz CT molecular complexity index is 1410. The van der Waals surface area contributed by atoms with Gasteiger partial charge in [0, 0.05) is 41.1 Å². The van der Waals surface area contributed by atoms with E-state index in [2.05, 4.69) is 31.0 Å². The first-order chi connectivity index (χ1) is 15.6. The third-order valence-corrected chi connectivity index (χ3v) is 6.04. The zero-order chi connectivity index (χ0) is 22.1. The van der Waals surface area contributed by atoms with Gasteiger partial charge in [-0.25, -0.2) is 15.0 Å². The Hall–Kier alpha value is -3.91. The summed E-state index contributed by atoms with van der Waals surface area (Å²) in [5, 5.41) is 4.41. The summed E-state index contributed by atoms with van der Waals surface area (Å²) in [7, 11) is 0. The summed E-state index contributed by atoms with van der Waals surface area (Å²) in [6, 6.07) is 17.2. The summed E-state index contributed by atoms with van der Waals surface area (Å²) in [6.07, 6.45) is 6.63. The summed E-state index contributed by atoms with van der Waals surface area (Å²) < 4.78 is 2.29. The zero-order valence-electron chi connectivity index (χ0n) is 16.8. The summed E-state index contributed by atoms with van der Waals surface area (Å²) in [6.45, 7) is 0. The van der Waals surface area contributed by atoms with Crippen LogP contribution >= 0.6 is 15.9 Å². The minimum atomic E-state index is 0.461. The maximum atomic E-state index is 10.9. The van der Waals surface area contributed by atoms with E-state index < -0.39 is 0 Å². The number of benzene rings is 2. The molecule has 2 N–H and O–H groups in total. The number of nitrogens with zero attached hydrogens (tertiary/aromatic N) is 5. The number of hydrogen-bond donors (Lipinski definition) is 1. The van der Waals surface area contributed by atoms with Crippen molar-refractivity contribution >= 4 is 33.7 Å². The molecule has 0 aliphatic heterocycles. The fourth-order valence-electron chi connectivity index (χ4n) is 3.48. The van der Waals surface area contributed by atoms with Crippen molar-refractivity contribution in [3.05, 3.63) is 94.5 Å². The van der Waals surface area contributed by atoms with Crippen LogP contribution in [0.3, 0.4) is 0 Å². The molecule has 0 amide bonds. The van der Waals surface area contributed by atoms with Crippen LogP contribution in [0.25, 0.3) is 28.2 Å². The Balaban J connectivity index is 1.54. The highest BCUT2D eigenvalue weighted by Crippen LogP contribution is 2.30. The number of aldehydes is 1. The SMILES string of the molecule is Nc1c(Br)c(Cc2ccc(C=O)cc2)nc2c(-c3cnc(-c4ccccc4)nc3)cnn12. The molecule has 5 rings (SSSR count). The van der Waals surface area contributed by atoms with E-state index >= 15 is 0 Å². The highest BCUT2D eigenvalue weighted by molar-refractivity contribution is 9.10. The van der Waals surface area contributed by atoms with Crippen LogP contribution in [0.1, 0.15) is 21.6 Å². The number of aromatic nitrogens is 5. The average molecular weight is 485 g/mol. The highest BCUT2D eigenvalue weighted by Gasteiger charge is 2.17. The predicted octanol–water partition coefficient (Wildman–Crippen LogP) is 4.60. The molecule has 0 aliphatic rings. The fraction of sp³-hybridized carbons (Fsp3) is 0.0417. The number of carbonyl (C=O) groups excluding carboxylic acids is 1. The molecule has 8 heteroatoms. The van der Waals surface area contributed by atoms with Crippen LogP contribution < -0.4 is 5.73 Å². The Morgan fingerprint density at radius 1 is 0.938 bits per heavy atom. The smallest absolute Gasteiger partial charge is 0.165 e. The maximum absolute atomic E-state index is 10.9. The van der Waals surface area contributed by atoms with E-state index in [4.69, 9.17) is 10.7 Å². The molecule has 3 aromatic heterocycles. The van der Waals surface area contributed by atoms with Crippen molar-refractivity contribution < 1.29 is 4.79 Å². The third-order valence-electron chi connectivity index (χ3n) is 5.17. The van der Waals surface area contributed by atoms with Crippen molar-refractivity contribution in [3.63, 3.8) is 0 Å². The number of hydrogen-bond acceptors (Lipinski definition) is 6. The standard InChI is InChI=1S/C24H17BrN6O/c25-21-20(10-15-6-8-16(14-32)9-7-15)30-24-19(13-29-31(24)22(21)26)18-11-27-23(28-12-18)17-4-2-1-3-5-17/h1-9,11-14H,10,26H2. The summed E-state index contributed by atoms with van der Waals surface area (Å²) in [5.74, 6) is 1.11. The molecule has 32 heavy (non-hydrogen) atoms. The molecule has 2 aromatic carbocycles.